The predicted molar refractivity (Wildman–Crippen MR) is 58.7 cm³/mol. The molecule has 18 heavy (non-hydrogen) atoms. The summed E-state index contributed by atoms with van der Waals surface area (Å²) in [5, 5.41) is 0. The Morgan fingerprint density at radius 3 is 2.06 bits per heavy atom. The Hall–Kier alpha value is -1.18. The molecule has 1 saturated heterocycles. The van der Waals surface area contributed by atoms with E-state index in [1.807, 2.05) is 0 Å². The number of esters is 2. The third-order valence-corrected chi connectivity index (χ3v) is 2.54. The summed E-state index contributed by atoms with van der Waals surface area (Å²) < 4.78 is 25.8. The Balaban J connectivity index is 2.84. The topological polar surface area (TPSA) is 80.3 Å². The molecule has 0 amide bonds. The first kappa shape index (κ1) is 14.9. The molecule has 0 aliphatic carbocycles. The summed E-state index contributed by atoms with van der Waals surface area (Å²) in [4.78, 5) is 22.1. The summed E-state index contributed by atoms with van der Waals surface area (Å²) >= 11 is 0. The molecular weight excluding hydrogens is 244 g/mol. The zero-order valence-electron chi connectivity index (χ0n) is 10.9. The van der Waals surface area contributed by atoms with Crippen molar-refractivity contribution in [1.29, 1.82) is 0 Å². The normalized spacial score (nSPS) is 31.8. The Labute approximate surface area is 105 Å². The van der Waals surface area contributed by atoms with Crippen LogP contribution in [0.2, 0.25) is 0 Å². The van der Waals surface area contributed by atoms with Crippen LogP contribution in [0.3, 0.4) is 0 Å². The maximum atomic E-state index is 11.1. The third kappa shape index (κ3) is 3.66. The van der Waals surface area contributed by atoms with Crippen molar-refractivity contribution in [2.75, 3.05) is 20.8 Å². The Morgan fingerprint density at radius 2 is 1.61 bits per heavy atom. The average Bonchev–Trinajstić information content (AvgIpc) is 2.29. The quantitative estimate of drug-likeness (QED) is 0.653. The molecule has 104 valence electrons. The summed E-state index contributed by atoms with van der Waals surface area (Å²) in [6.07, 6.45) is -2.79. The van der Waals surface area contributed by atoms with Crippen molar-refractivity contribution >= 4 is 11.9 Å². The smallest absolute Gasteiger partial charge is 0.305 e. The van der Waals surface area contributed by atoms with E-state index in [1.54, 1.807) is 0 Å². The van der Waals surface area contributed by atoms with Crippen molar-refractivity contribution in [3.8, 4) is 0 Å². The summed E-state index contributed by atoms with van der Waals surface area (Å²) in [5.74, 6) is -1.04. The highest BCUT2D eigenvalue weighted by Gasteiger charge is 2.45. The van der Waals surface area contributed by atoms with Crippen molar-refractivity contribution < 1.29 is 33.3 Å². The Kier molecular flexibility index (Phi) is 5.52. The molecule has 1 rings (SSSR count). The van der Waals surface area contributed by atoms with Crippen LogP contribution in [0.15, 0.2) is 0 Å². The van der Waals surface area contributed by atoms with Gasteiger partial charge in [-0.25, -0.2) is 0 Å². The fourth-order valence-electron chi connectivity index (χ4n) is 1.81. The SMILES string of the molecule is CO[C@@H]1[C@@H](OC(C)=O)[C@@H](OC(C)=O)OC[C@H]1OC. The van der Waals surface area contributed by atoms with E-state index >= 15 is 0 Å². The molecule has 0 N–H and O–H groups in total. The second kappa shape index (κ2) is 6.67. The van der Waals surface area contributed by atoms with Crippen molar-refractivity contribution in [3.05, 3.63) is 0 Å². The van der Waals surface area contributed by atoms with Gasteiger partial charge in [0.2, 0.25) is 6.29 Å². The van der Waals surface area contributed by atoms with Gasteiger partial charge in [-0.05, 0) is 0 Å². The number of carbonyl (C=O) groups excluding carboxylic acids is 2. The van der Waals surface area contributed by atoms with Gasteiger partial charge >= 0.3 is 11.9 Å². The standard InChI is InChI=1S/C11H18O7/c1-6(12)17-10-9(15-4)8(14-3)5-16-11(10)18-7(2)13/h8-11H,5H2,1-4H3/t8-,9+,10-,11-/m1/s1. The first-order valence-corrected chi connectivity index (χ1v) is 5.51. The van der Waals surface area contributed by atoms with Crippen LogP contribution in [0.1, 0.15) is 13.8 Å². The molecule has 0 bridgehead atoms. The maximum absolute atomic E-state index is 11.1. The fraction of sp³-hybridized carbons (Fsp3) is 0.818. The molecule has 0 aromatic rings. The first-order valence-electron chi connectivity index (χ1n) is 5.51. The van der Waals surface area contributed by atoms with Gasteiger partial charge in [-0.2, -0.15) is 0 Å². The van der Waals surface area contributed by atoms with Crippen LogP contribution in [0.25, 0.3) is 0 Å². The lowest BCUT2D eigenvalue weighted by Gasteiger charge is -2.39. The third-order valence-electron chi connectivity index (χ3n) is 2.54. The van der Waals surface area contributed by atoms with E-state index in [1.165, 1.54) is 28.1 Å². The fourth-order valence-corrected chi connectivity index (χ4v) is 1.81. The molecule has 1 aliphatic rings. The largest absolute Gasteiger partial charge is 0.453 e. The van der Waals surface area contributed by atoms with Gasteiger partial charge in [-0.15, -0.1) is 0 Å². The average molecular weight is 262 g/mol. The highest BCUT2D eigenvalue weighted by atomic mass is 16.7. The highest BCUT2D eigenvalue weighted by molar-refractivity contribution is 5.67. The van der Waals surface area contributed by atoms with E-state index in [4.69, 9.17) is 23.7 Å². The molecule has 0 saturated carbocycles. The second-order valence-electron chi connectivity index (χ2n) is 3.86. The van der Waals surface area contributed by atoms with Gasteiger partial charge < -0.3 is 23.7 Å². The maximum Gasteiger partial charge on any atom is 0.305 e. The van der Waals surface area contributed by atoms with Crippen LogP contribution in [0, 0.1) is 0 Å². The van der Waals surface area contributed by atoms with Gasteiger partial charge in [0.25, 0.3) is 0 Å². The molecule has 0 aromatic heterocycles. The molecular formula is C11H18O7. The van der Waals surface area contributed by atoms with Crippen LogP contribution in [0.4, 0.5) is 0 Å². The number of hydrogen-bond donors (Lipinski definition) is 0. The van der Waals surface area contributed by atoms with Gasteiger partial charge in [0.05, 0.1) is 6.61 Å². The monoisotopic (exact) mass is 262 g/mol. The Morgan fingerprint density at radius 1 is 1.00 bits per heavy atom. The first-order chi connectivity index (χ1) is 8.49. The molecule has 1 aliphatic heterocycles. The predicted octanol–water partition coefficient (Wildman–Crippen LogP) is -0.132. The molecule has 4 atom stereocenters. The highest BCUT2D eigenvalue weighted by Crippen LogP contribution is 2.23. The van der Waals surface area contributed by atoms with Crippen LogP contribution in [-0.2, 0) is 33.3 Å². The van der Waals surface area contributed by atoms with Gasteiger partial charge in [0.1, 0.15) is 12.2 Å². The lowest BCUT2D eigenvalue weighted by molar-refractivity contribution is -0.274. The summed E-state index contributed by atoms with van der Waals surface area (Å²) in [6, 6.07) is 0. The number of methoxy groups -OCH3 is 2. The van der Waals surface area contributed by atoms with Crippen molar-refractivity contribution in [2.24, 2.45) is 0 Å². The van der Waals surface area contributed by atoms with Crippen molar-refractivity contribution in [3.63, 3.8) is 0 Å². The summed E-state index contributed by atoms with van der Waals surface area (Å²) in [5.41, 5.74) is 0. The van der Waals surface area contributed by atoms with E-state index in [9.17, 15) is 9.59 Å². The molecule has 7 heteroatoms. The van der Waals surface area contributed by atoms with E-state index in [0.717, 1.165) is 0 Å². The van der Waals surface area contributed by atoms with E-state index in [0.29, 0.717) is 0 Å². The van der Waals surface area contributed by atoms with E-state index < -0.39 is 36.5 Å². The van der Waals surface area contributed by atoms with Crippen LogP contribution in [0.5, 0.6) is 0 Å². The second-order valence-corrected chi connectivity index (χ2v) is 3.86. The Bertz CT molecular complexity index is 304. The number of carbonyl (C=O) groups is 2. The van der Waals surface area contributed by atoms with Gasteiger partial charge in [-0.3, -0.25) is 9.59 Å². The van der Waals surface area contributed by atoms with E-state index in [-0.39, 0.29) is 6.61 Å². The minimum absolute atomic E-state index is 0.185. The molecule has 1 fully saturated rings. The summed E-state index contributed by atoms with van der Waals surface area (Å²) in [7, 11) is 2.96. The molecule has 0 aromatic carbocycles. The lowest BCUT2D eigenvalue weighted by Crippen LogP contribution is -2.57. The molecule has 0 unspecified atom stereocenters. The van der Waals surface area contributed by atoms with Crippen molar-refractivity contribution in [1.82, 2.24) is 0 Å². The molecule has 0 spiro atoms. The minimum Gasteiger partial charge on any atom is -0.453 e. The van der Waals surface area contributed by atoms with Crippen molar-refractivity contribution in [2.45, 2.75) is 38.4 Å². The number of ether oxygens (including phenoxy) is 5. The lowest BCUT2D eigenvalue weighted by atomic mass is 10.0. The molecule has 7 nitrogen and oxygen atoms in total. The number of rotatable bonds is 4. The zero-order valence-corrected chi connectivity index (χ0v) is 10.9. The summed E-state index contributed by atoms with van der Waals surface area (Å²) in [6.45, 7) is 2.69. The van der Waals surface area contributed by atoms with Gasteiger partial charge in [0, 0.05) is 28.1 Å². The number of hydrogen-bond acceptors (Lipinski definition) is 7. The van der Waals surface area contributed by atoms with Crippen LogP contribution < -0.4 is 0 Å². The zero-order chi connectivity index (χ0) is 13.7. The van der Waals surface area contributed by atoms with Crippen LogP contribution >= 0.6 is 0 Å². The molecule has 0 radical (unpaired) electrons. The van der Waals surface area contributed by atoms with Gasteiger partial charge in [-0.1, -0.05) is 0 Å². The van der Waals surface area contributed by atoms with E-state index in [2.05, 4.69) is 0 Å². The van der Waals surface area contributed by atoms with Gasteiger partial charge in [0.15, 0.2) is 6.10 Å². The minimum atomic E-state index is -0.984. The van der Waals surface area contributed by atoms with Crippen LogP contribution in [-0.4, -0.2) is 57.4 Å². The molecule has 1 heterocycles.